The first-order valence-corrected chi connectivity index (χ1v) is 8.56. The molecule has 0 amide bonds. The number of rotatable bonds is 5. The minimum atomic E-state index is -0.303. The van der Waals surface area contributed by atoms with Gasteiger partial charge in [-0.3, -0.25) is 5.10 Å². The molecule has 4 heterocycles. The summed E-state index contributed by atoms with van der Waals surface area (Å²) in [4.78, 5) is 2.52. The largest absolute Gasteiger partial charge is 0.497 e. The number of ether oxygens (including phenoxy) is 1. The third-order valence-corrected chi connectivity index (χ3v) is 5.37. The summed E-state index contributed by atoms with van der Waals surface area (Å²) in [5, 5.41) is 10.7. The molecule has 2 N–H and O–H groups in total. The van der Waals surface area contributed by atoms with Crippen molar-refractivity contribution >= 4 is 0 Å². The van der Waals surface area contributed by atoms with Crippen molar-refractivity contribution in [1.82, 2.24) is 20.4 Å². The number of hydrogen-bond donors (Lipinski definition) is 2. The summed E-state index contributed by atoms with van der Waals surface area (Å²) in [5.41, 5.74) is 2.26. The number of nitrogens with zero attached hydrogens (tertiary/aromatic N) is 2. The topological polar surface area (TPSA) is 53.2 Å². The first-order chi connectivity index (χ1) is 11.7. The molecule has 5 rings (SSSR count). The summed E-state index contributed by atoms with van der Waals surface area (Å²) in [6, 6.07) is 5.43. The number of methoxy groups -OCH3 is 1. The van der Waals surface area contributed by atoms with E-state index in [4.69, 9.17) is 4.74 Å². The van der Waals surface area contributed by atoms with Crippen molar-refractivity contribution in [2.45, 2.75) is 25.4 Å². The fourth-order valence-corrected chi connectivity index (χ4v) is 3.94. The maximum atomic E-state index is 14.3. The number of H-pyrrole nitrogens is 1. The van der Waals surface area contributed by atoms with Gasteiger partial charge in [0, 0.05) is 36.3 Å². The van der Waals surface area contributed by atoms with E-state index in [0.29, 0.717) is 23.9 Å². The number of nitrogens with one attached hydrogen (secondary N) is 2. The van der Waals surface area contributed by atoms with Gasteiger partial charge in [0.05, 0.1) is 19.0 Å². The van der Waals surface area contributed by atoms with Gasteiger partial charge in [0.2, 0.25) is 0 Å². The molecule has 0 spiro atoms. The number of piperidine rings is 3. The van der Waals surface area contributed by atoms with E-state index in [-0.39, 0.29) is 5.82 Å². The highest BCUT2D eigenvalue weighted by molar-refractivity contribution is 5.64. The second-order valence-corrected chi connectivity index (χ2v) is 6.74. The summed E-state index contributed by atoms with van der Waals surface area (Å²) >= 11 is 0. The van der Waals surface area contributed by atoms with Crippen molar-refractivity contribution in [2.24, 2.45) is 5.92 Å². The summed E-state index contributed by atoms with van der Waals surface area (Å²) in [5.74, 6) is 0.980. The molecule has 1 atom stereocenters. The number of benzene rings is 1. The van der Waals surface area contributed by atoms with Gasteiger partial charge in [-0.05, 0) is 44.0 Å². The molecule has 2 aromatic rings. The van der Waals surface area contributed by atoms with Crippen LogP contribution in [0, 0.1) is 11.7 Å². The Morgan fingerprint density at radius 1 is 1.38 bits per heavy atom. The Morgan fingerprint density at radius 2 is 2.21 bits per heavy atom. The predicted octanol–water partition coefficient (Wildman–Crippen LogP) is 2.41. The molecule has 3 aliphatic rings. The van der Waals surface area contributed by atoms with E-state index in [1.54, 1.807) is 18.3 Å². The standard InChI is InChI=1S/C18H23FN4O/c1-24-14-2-3-15(16(19)8-14)18-13(10-21-22-18)9-20-17-11-23-6-4-12(17)5-7-23/h2-3,8,10,12,17,20H,4-7,9,11H2,1H3,(H,21,22)/t17-/m1/s1. The van der Waals surface area contributed by atoms with Crippen LogP contribution in [0.25, 0.3) is 11.3 Å². The van der Waals surface area contributed by atoms with Crippen LogP contribution in [0.3, 0.4) is 0 Å². The first kappa shape index (κ1) is 15.6. The Bertz CT molecular complexity index is 709. The number of aromatic amines is 1. The van der Waals surface area contributed by atoms with Gasteiger partial charge in [-0.2, -0.15) is 5.10 Å². The lowest BCUT2D eigenvalue weighted by atomic mass is 9.84. The predicted molar refractivity (Wildman–Crippen MR) is 90.3 cm³/mol. The van der Waals surface area contributed by atoms with Gasteiger partial charge in [-0.1, -0.05) is 0 Å². The minimum Gasteiger partial charge on any atom is -0.497 e. The van der Waals surface area contributed by atoms with E-state index in [9.17, 15) is 4.39 Å². The third-order valence-electron chi connectivity index (χ3n) is 5.37. The van der Waals surface area contributed by atoms with E-state index >= 15 is 0 Å². The van der Waals surface area contributed by atoms with Crippen molar-refractivity contribution in [1.29, 1.82) is 0 Å². The number of hydrogen-bond acceptors (Lipinski definition) is 4. The van der Waals surface area contributed by atoms with Crippen molar-refractivity contribution in [3.8, 4) is 17.0 Å². The van der Waals surface area contributed by atoms with Crippen LogP contribution in [0.1, 0.15) is 18.4 Å². The quantitative estimate of drug-likeness (QED) is 0.884. The van der Waals surface area contributed by atoms with E-state index < -0.39 is 0 Å². The van der Waals surface area contributed by atoms with Crippen molar-refractivity contribution < 1.29 is 9.13 Å². The smallest absolute Gasteiger partial charge is 0.136 e. The lowest BCUT2D eigenvalue weighted by Crippen LogP contribution is -2.55. The van der Waals surface area contributed by atoms with Crippen LogP contribution in [0.4, 0.5) is 4.39 Å². The van der Waals surface area contributed by atoms with Crippen LogP contribution in [0.15, 0.2) is 24.4 Å². The molecule has 0 aliphatic carbocycles. The van der Waals surface area contributed by atoms with Crippen LogP contribution >= 0.6 is 0 Å². The lowest BCUT2D eigenvalue weighted by Gasteiger charge is -2.45. The molecule has 0 saturated carbocycles. The van der Waals surface area contributed by atoms with Gasteiger partial charge in [-0.25, -0.2) is 4.39 Å². The highest BCUT2D eigenvalue weighted by atomic mass is 19.1. The third kappa shape index (κ3) is 2.91. The van der Waals surface area contributed by atoms with Crippen LogP contribution in [-0.2, 0) is 6.54 Å². The normalized spacial score (nSPS) is 25.8. The van der Waals surface area contributed by atoms with E-state index in [2.05, 4.69) is 20.4 Å². The molecule has 1 aromatic heterocycles. The van der Waals surface area contributed by atoms with Gasteiger partial charge in [0.15, 0.2) is 0 Å². The molecule has 24 heavy (non-hydrogen) atoms. The van der Waals surface area contributed by atoms with Gasteiger partial charge >= 0.3 is 0 Å². The lowest BCUT2D eigenvalue weighted by molar-refractivity contribution is 0.0720. The zero-order valence-corrected chi connectivity index (χ0v) is 13.9. The zero-order valence-electron chi connectivity index (χ0n) is 13.9. The second kappa shape index (κ2) is 6.53. The highest BCUT2D eigenvalue weighted by Gasteiger charge is 2.33. The summed E-state index contributed by atoms with van der Waals surface area (Å²) < 4.78 is 19.4. The van der Waals surface area contributed by atoms with Gasteiger partial charge in [0.25, 0.3) is 0 Å². The molecule has 5 nitrogen and oxygen atoms in total. The molecular formula is C18H23FN4O. The number of aromatic nitrogens is 2. The number of halogens is 1. The Kier molecular flexibility index (Phi) is 4.24. The average molecular weight is 330 g/mol. The number of fused-ring (bicyclic) bond motifs is 3. The summed E-state index contributed by atoms with van der Waals surface area (Å²) in [7, 11) is 1.54. The molecule has 1 aromatic carbocycles. The molecule has 3 saturated heterocycles. The molecule has 6 heteroatoms. The Labute approximate surface area is 141 Å². The van der Waals surface area contributed by atoms with Crippen LogP contribution in [0.5, 0.6) is 5.75 Å². The van der Waals surface area contributed by atoms with Gasteiger partial charge < -0.3 is 15.0 Å². The molecular weight excluding hydrogens is 307 g/mol. The summed E-state index contributed by atoms with van der Waals surface area (Å²) in [6.07, 6.45) is 4.35. The van der Waals surface area contributed by atoms with E-state index in [1.807, 2.05) is 0 Å². The second-order valence-electron chi connectivity index (χ2n) is 6.74. The average Bonchev–Trinajstić information content (AvgIpc) is 3.09. The Balaban J connectivity index is 1.49. The zero-order chi connectivity index (χ0) is 16.5. The maximum absolute atomic E-state index is 14.3. The van der Waals surface area contributed by atoms with Crippen LogP contribution in [-0.4, -0.2) is 47.9 Å². The Morgan fingerprint density at radius 3 is 2.88 bits per heavy atom. The molecule has 0 radical (unpaired) electrons. The molecule has 0 unspecified atom stereocenters. The highest BCUT2D eigenvalue weighted by Crippen LogP contribution is 2.29. The minimum absolute atomic E-state index is 0.303. The Hall–Kier alpha value is -1.92. The van der Waals surface area contributed by atoms with Crippen molar-refractivity contribution in [2.75, 3.05) is 26.7 Å². The van der Waals surface area contributed by atoms with Crippen LogP contribution < -0.4 is 10.1 Å². The fraction of sp³-hybridized carbons (Fsp3) is 0.500. The molecule has 3 fully saturated rings. The monoisotopic (exact) mass is 330 g/mol. The van der Waals surface area contributed by atoms with Crippen molar-refractivity contribution in [3.63, 3.8) is 0 Å². The summed E-state index contributed by atoms with van der Waals surface area (Å²) in [6.45, 7) is 4.29. The fourth-order valence-electron chi connectivity index (χ4n) is 3.94. The molecule has 2 bridgehead atoms. The van der Waals surface area contributed by atoms with Gasteiger partial charge in [0.1, 0.15) is 11.6 Å². The van der Waals surface area contributed by atoms with E-state index in [1.165, 1.54) is 39.1 Å². The van der Waals surface area contributed by atoms with Crippen LogP contribution in [0.2, 0.25) is 0 Å². The van der Waals surface area contributed by atoms with Gasteiger partial charge in [-0.15, -0.1) is 0 Å². The molecule has 128 valence electrons. The van der Waals surface area contributed by atoms with E-state index in [0.717, 1.165) is 23.7 Å². The van der Waals surface area contributed by atoms with Crippen molar-refractivity contribution in [3.05, 3.63) is 35.8 Å². The first-order valence-electron chi connectivity index (χ1n) is 8.56. The maximum Gasteiger partial charge on any atom is 0.136 e. The SMILES string of the molecule is COc1ccc(-c2[nH]ncc2CN[C@@H]2CN3CCC2CC3)c(F)c1. The molecule has 3 aliphatic heterocycles.